The van der Waals surface area contributed by atoms with Crippen molar-refractivity contribution in [1.82, 2.24) is 15.1 Å². The minimum atomic E-state index is 0.506. The molecule has 0 amide bonds. The average Bonchev–Trinajstić information content (AvgIpc) is 2.87. The Morgan fingerprint density at radius 2 is 2.60 bits per heavy atom. The van der Waals surface area contributed by atoms with E-state index in [2.05, 4.69) is 22.0 Å². The summed E-state index contributed by atoms with van der Waals surface area (Å²) in [6, 6.07) is 2.47. The van der Waals surface area contributed by atoms with Crippen LogP contribution in [-0.4, -0.2) is 40.5 Å². The van der Waals surface area contributed by atoms with Crippen molar-refractivity contribution >= 4 is 6.29 Å². The van der Waals surface area contributed by atoms with Gasteiger partial charge in [-0.05, 0) is 32.0 Å². The van der Waals surface area contributed by atoms with Crippen LogP contribution in [0.2, 0.25) is 0 Å². The Hall–Kier alpha value is -1.16. The molecule has 2 rings (SSSR count). The van der Waals surface area contributed by atoms with Crippen LogP contribution in [0.25, 0.3) is 0 Å². The zero-order valence-corrected chi connectivity index (χ0v) is 9.07. The van der Waals surface area contributed by atoms with Crippen molar-refractivity contribution in [2.45, 2.75) is 32.2 Å². The molecule has 1 aromatic heterocycles. The fourth-order valence-electron chi connectivity index (χ4n) is 2.34. The van der Waals surface area contributed by atoms with Crippen LogP contribution in [0.5, 0.6) is 0 Å². The number of hydrogen-bond donors (Lipinski definition) is 1. The number of aldehydes is 1. The Morgan fingerprint density at radius 1 is 1.73 bits per heavy atom. The highest BCUT2D eigenvalue weighted by molar-refractivity contribution is 5.71. The normalized spacial score (nSPS) is 22.1. The summed E-state index contributed by atoms with van der Waals surface area (Å²) in [7, 11) is 0. The van der Waals surface area contributed by atoms with Gasteiger partial charge in [-0.25, -0.2) is 0 Å². The largest absolute Gasteiger partial charge is 0.300 e. The van der Waals surface area contributed by atoms with E-state index in [0.717, 1.165) is 24.9 Å². The van der Waals surface area contributed by atoms with E-state index in [-0.39, 0.29) is 0 Å². The molecule has 2 heterocycles. The molecular formula is C11H17N3O. The lowest BCUT2D eigenvalue weighted by molar-refractivity contribution is 0.111. The lowest BCUT2D eigenvalue weighted by Crippen LogP contribution is -2.30. The molecule has 82 valence electrons. The van der Waals surface area contributed by atoms with E-state index >= 15 is 0 Å². The molecule has 0 radical (unpaired) electrons. The molecule has 1 aromatic rings. The molecular weight excluding hydrogens is 190 g/mol. The number of nitrogens with zero attached hydrogens (tertiary/aromatic N) is 2. The van der Waals surface area contributed by atoms with Crippen LogP contribution in [0.3, 0.4) is 0 Å². The fourth-order valence-corrected chi connectivity index (χ4v) is 2.34. The number of rotatable bonds is 4. The smallest absolute Gasteiger partial charge is 0.170 e. The quantitative estimate of drug-likeness (QED) is 0.756. The number of hydrogen-bond acceptors (Lipinski definition) is 3. The zero-order valence-electron chi connectivity index (χ0n) is 9.07. The van der Waals surface area contributed by atoms with Crippen molar-refractivity contribution in [3.8, 4) is 0 Å². The number of aromatic amines is 1. The van der Waals surface area contributed by atoms with E-state index < -0.39 is 0 Å². The van der Waals surface area contributed by atoms with Crippen LogP contribution >= 0.6 is 0 Å². The first-order valence-corrected chi connectivity index (χ1v) is 5.57. The Morgan fingerprint density at radius 3 is 3.27 bits per heavy atom. The number of likely N-dealkylation sites (tertiary alicyclic amines) is 1. The van der Waals surface area contributed by atoms with E-state index in [9.17, 15) is 4.79 Å². The summed E-state index contributed by atoms with van der Waals surface area (Å²) in [5.41, 5.74) is 1.58. The van der Waals surface area contributed by atoms with Crippen LogP contribution in [0, 0.1) is 0 Å². The van der Waals surface area contributed by atoms with Gasteiger partial charge in [-0.1, -0.05) is 6.92 Å². The zero-order chi connectivity index (χ0) is 10.7. The molecule has 1 aliphatic rings. The van der Waals surface area contributed by atoms with E-state index in [1.165, 1.54) is 19.4 Å². The van der Waals surface area contributed by atoms with Gasteiger partial charge in [0.1, 0.15) is 5.69 Å². The van der Waals surface area contributed by atoms with Gasteiger partial charge < -0.3 is 4.90 Å². The highest BCUT2D eigenvalue weighted by Crippen LogP contribution is 2.19. The first kappa shape index (κ1) is 10.4. The predicted molar refractivity (Wildman–Crippen MR) is 57.9 cm³/mol. The van der Waals surface area contributed by atoms with Crippen molar-refractivity contribution in [2.75, 3.05) is 13.1 Å². The lowest BCUT2D eigenvalue weighted by atomic mass is 10.1. The summed E-state index contributed by atoms with van der Waals surface area (Å²) in [5.74, 6) is 0. The maximum atomic E-state index is 10.5. The van der Waals surface area contributed by atoms with Crippen LogP contribution < -0.4 is 0 Å². The van der Waals surface area contributed by atoms with Gasteiger partial charge in [-0.15, -0.1) is 0 Å². The number of carbonyl (C=O) groups excluding carboxylic acids is 1. The van der Waals surface area contributed by atoms with Gasteiger partial charge in [-0.2, -0.15) is 5.10 Å². The second kappa shape index (κ2) is 4.57. The van der Waals surface area contributed by atoms with E-state index in [0.29, 0.717) is 11.7 Å². The van der Waals surface area contributed by atoms with Gasteiger partial charge in [0, 0.05) is 18.2 Å². The molecule has 0 aromatic carbocycles. The van der Waals surface area contributed by atoms with E-state index in [4.69, 9.17) is 0 Å². The van der Waals surface area contributed by atoms with Crippen molar-refractivity contribution in [3.63, 3.8) is 0 Å². The lowest BCUT2D eigenvalue weighted by Gasteiger charge is -2.21. The Kier molecular flexibility index (Phi) is 3.16. The van der Waals surface area contributed by atoms with E-state index in [1.807, 2.05) is 6.07 Å². The highest BCUT2D eigenvalue weighted by atomic mass is 16.1. The standard InChI is InChI=1S/C11H17N3O/c1-2-14-5-3-4-11(14)7-9-6-10(8-15)13-12-9/h6,8,11H,2-5,7H2,1H3,(H,12,13). The molecule has 0 saturated carbocycles. The topological polar surface area (TPSA) is 49.0 Å². The van der Waals surface area contributed by atoms with Crippen molar-refractivity contribution < 1.29 is 4.79 Å². The Bertz CT molecular complexity index is 334. The summed E-state index contributed by atoms with van der Waals surface area (Å²) < 4.78 is 0. The second-order valence-electron chi connectivity index (χ2n) is 4.06. The van der Waals surface area contributed by atoms with Crippen molar-refractivity contribution in [2.24, 2.45) is 0 Å². The number of likely N-dealkylation sites (N-methyl/N-ethyl adjacent to an activating group) is 1. The van der Waals surface area contributed by atoms with Gasteiger partial charge in [0.2, 0.25) is 0 Å². The Labute approximate surface area is 89.7 Å². The summed E-state index contributed by atoms with van der Waals surface area (Å²) in [5, 5.41) is 6.84. The fraction of sp³-hybridized carbons (Fsp3) is 0.636. The Balaban J connectivity index is 1.98. The highest BCUT2D eigenvalue weighted by Gasteiger charge is 2.23. The van der Waals surface area contributed by atoms with Gasteiger partial charge >= 0.3 is 0 Å². The molecule has 1 fully saturated rings. The third-order valence-electron chi connectivity index (χ3n) is 3.13. The third-order valence-corrected chi connectivity index (χ3v) is 3.13. The minimum Gasteiger partial charge on any atom is -0.300 e. The van der Waals surface area contributed by atoms with E-state index in [1.54, 1.807) is 0 Å². The molecule has 4 nitrogen and oxygen atoms in total. The van der Waals surface area contributed by atoms with Gasteiger partial charge in [0.05, 0.1) is 0 Å². The predicted octanol–water partition coefficient (Wildman–Crippen LogP) is 1.25. The van der Waals surface area contributed by atoms with Gasteiger partial charge in [0.15, 0.2) is 6.29 Å². The molecule has 4 heteroatoms. The summed E-state index contributed by atoms with van der Waals surface area (Å²) in [6.45, 7) is 4.51. The first-order chi connectivity index (χ1) is 7.33. The summed E-state index contributed by atoms with van der Waals surface area (Å²) >= 11 is 0. The number of H-pyrrole nitrogens is 1. The van der Waals surface area contributed by atoms with Crippen LogP contribution in [0.15, 0.2) is 6.07 Å². The summed E-state index contributed by atoms with van der Waals surface area (Å²) in [4.78, 5) is 13.0. The number of carbonyl (C=O) groups is 1. The number of nitrogens with one attached hydrogen (secondary N) is 1. The van der Waals surface area contributed by atoms with Crippen molar-refractivity contribution in [3.05, 3.63) is 17.5 Å². The van der Waals surface area contributed by atoms with Gasteiger partial charge in [-0.3, -0.25) is 9.89 Å². The van der Waals surface area contributed by atoms with Crippen LogP contribution in [-0.2, 0) is 6.42 Å². The van der Waals surface area contributed by atoms with Crippen LogP contribution in [0.4, 0.5) is 0 Å². The molecule has 1 saturated heterocycles. The molecule has 0 aliphatic carbocycles. The molecule has 1 atom stereocenters. The SMILES string of the molecule is CCN1CCCC1Cc1cc(C=O)n[nH]1. The molecule has 0 spiro atoms. The van der Waals surface area contributed by atoms with Crippen LogP contribution in [0.1, 0.15) is 35.9 Å². The van der Waals surface area contributed by atoms with Crippen molar-refractivity contribution in [1.29, 1.82) is 0 Å². The first-order valence-electron chi connectivity index (χ1n) is 5.57. The number of aromatic nitrogens is 2. The average molecular weight is 207 g/mol. The molecule has 1 unspecified atom stereocenters. The van der Waals surface area contributed by atoms with Gasteiger partial charge in [0.25, 0.3) is 0 Å². The molecule has 15 heavy (non-hydrogen) atoms. The monoisotopic (exact) mass is 207 g/mol. The molecule has 1 aliphatic heterocycles. The summed E-state index contributed by atoms with van der Waals surface area (Å²) in [6.07, 6.45) is 4.30. The minimum absolute atomic E-state index is 0.506. The molecule has 1 N–H and O–H groups in total. The molecule has 0 bridgehead atoms. The third kappa shape index (κ3) is 2.26. The second-order valence-corrected chi connectivity index (χ2v) is 4.06. The maximum absolute atomic E-state index is 10.5. The maximum Gasteiger partial charge on any atom is 0.170 e.